The van der Waals surface area contributed by atoms with Gasteiger partial charge in [0.15, 0.2) is 0 Å². The number of likely N-dealkylation sites (N-methyl/N-ethyl adjacent to an activating group) is 1. The van der Waals surface area contributed by atoms with E-state index in [-0.39, 0.29) is 22.3 Å². The maximum atomic E-state index is 13.4. The van der Waals surface area contributed by atoms with Crippen molar-refractivity contribution >= 4 is 17.5 Å². The van der Waals surface area contributed by atoms with Crippen molar-refractivity contribution < 1.29 is 22.4 Å². The van der Waals surface area contributed by atoms with Gasteiger partial charge >= 0.3 is 6.18 Å². The van der Waals surface area contributed by atoms with Gasteiger partial charge in [0.05, 0.1) is 5.56 Å². The van der Waals surface area contributed by atoms with E-state index < -0.39 is 17.6 Å². The minimum Gasteiger partial charge on any atom is -0.341 e. The molecular formula is C23H25ClF4N2O. The van der Waals surface area contributed by atoms with Gasteiger partial charge in [-0.3, -0.25) is 4.79 Å². The van der Waals surface area contributed by atoms with E-state index in [2.05, 4.69) is 11.8 Å². The summed E-state index contributed by atoms with van der Waals surface area (Å²) in [4.78, 5) is 16.6. The van der Waals surface area contributed by atoms with Crippen molar-refractivity contribution in [2.75, 3.05) is 33.2 Å². The summed E-state index contributed by atoms with van der Waals surface area (Å²) in [7, 11) is 1.55. The molecule has 0 aromatic heterocycles. The lowest BCUT2D eigenvalue weighted by atomic mass is 9.93. The Balaban J connectivity index is 1.75. The fourth-order valence-corrected chi connectivity index (χ4v) is 4.19. The Kier molecular flexibility index (Phi) is 7.27. The Hall–Kier alpha value is -2.12. The van der Waals surface area contributed by atoms with E-state index in [0.717, 1.165) is 43.8 Å². The summed E-state index contributed by atoms with van der Waals surface area (Å²) >= 11 is 5.83. The van der Waals surface area contributed by atoms with E-state index in [1.54, 1.807) is 19.2 Å². The summed E-state index contributed by atoms with van der Waals surface area (Å²) in [6.07, 6.45) is -3.84. The molecule has 31 heavy (non-hydrogen) atoms. The van der Waals surface area contributed by atoms with E-state index in [4.69, 9.17) is 11.6 Å². The molecule has 2 aromatic rings. The molecular weight excluding hydrogens is 432 g/mol. The summed E-state index contributed by atoms with van der Waals surface area (Å²) in [6, 6.07) is 9.00. The topological polar surface area (TPSA) is 23.6 Å². The number of carbonyl (C=O) groups excluding carboxylic acids is 1. The number of hydrogen-bond donors (Lipinski definition) is 0. The molecule has 0 spiro atoms. The van der Waals surface area contributed by atoms with Crippen LogP contribution < -0.4 is 0 Å². The van der Waals surface area contributed by atoms with Crippen LogP contribution in [0.2, 0.25) is 5.02 Å². The van der Waals surface area contributed by atoms with Crippen LogP contribution in [0.25, 0.3) is 0 Å². The number of amides is 1. The van der Waals surface area contributed by atoms with Gasteiger partial charge in [-0.1, -0.05) is 30.7 Å². The Morgan fingerprint density at radius 2 is 1.84 bits per heavy atom. The van der Waals surface area contributed by atoms with Crippen molar-refractivity contribution in [3.8, 4) is 0 Å². The number of benzene rings is 2. The van der Waals surface area contributed by atoms with Crippen LogP contribution in [-0.4, -0.2) is 48.9 Å². The second-order valence-corrected chi connectivity index (χ2v) is 8.75. The van der Waals surface area contributed by atoms with Crippen LogP contribution in [0.1, 0.15) is 40.7 Å². The van der Waals surface area contributed by atoms with E-state index >= 15 is 0 Å². The van der Waals surface area contributed by atoms with Gasteiger partial charge in [0.25, 0.3) is 5.91 Å². The summed E-state index contributed by atoms with van der Waals surface area (Å²) in [5.41, 5.74) is -0.188. The monoisotopic (exact) mass is 456 g/mol. The Labute approximate surface area is 184 Å². The number of hydrogen-bond acceptors (Lipinski definition) is 2. The zero-order chi connectivity index (χ0) is 22.8. The quantitative estimate of drug-likeness (QED) is 0.499. The highest BCUT2D eigenvalue weighted by Gasteiger charge is 2.32. The van der Waals surface area contributed by atoms with Crippen LogP contribution in [0.5, 0.6) is 0 Å². The summed E-state index contributed by atoms with van der Waals surface area (Å²) in [5.74, 6) is -0.300. The standard InChI is InChI=1S/C23H25ClF4N2O/c1-15-12-30(13-15)8-7-17(16-3-5-21(25)6-4-16)14-29(2)22(31)18-9-19(23(26,27)28)11-20(24)10-18/h3-6,9-11,15,17H,7-8,12-14H2,1-2H3. The minimum absolute atomic E-state index is 0.0771. The van der Waals surface area contributed by atoms with Crippen molar-refractivity contribution in [1.82, 2.24) is 9.80 Å². The van der Waals surface area contributed by atoms with Crippen LogP contribution in [0.4, 0.5) is 17.6 Å². The SMILES string of the molecule is CC1CN(CCC(CN(C)C(=O)c2cc(Cl)cc(C(F)(F)F)c2)c2ccc(F)cc2)C1. The van der Waals surface area contributed by atoms with Crippen LogP contribution in [-0.2, 0) is 6.18 Å². The summed E-state index contributed by atoms with van der Waals surface area (Å²) in [6.45, 7) is 5.35. The first kappa shape index (κ1) is 23.5. The molecule has 168 valence electrons. The molecule has 1 saturated heterocycles. The number of halogens is 5. The highest BCUT2D eigenvalue weighted by atomic mass is 35.5. The molecule has 2 aromatic carbocycles. The first-order valence-corrected chi connectivity index (χ1v) is 10.5. The molecule has 1 fully saturated rings. The average molecular weight is 457 g/mol. The Morgan fingerprint density at radius 1 is 1.19 bits per heavy atom. The fourth-order valence-electron chi connectivity index (χ4n) is 3.96. The number of alkyl halides is 3. The van der Waals surface area contributed by atoms with Gasteiger partial charge in [-0.05, 0) is 54.8 Å². The van der Waals surface area contributed by atoms with Crippen molar-refractivity contribution in [1.29, 1.82) is 0 Å². The molecule has 0 N–H and O–H groups in total. The number of carbonyl (C=O) groups is 1. The van der Waals surface area contributed by atoms with Crippen molar-refractivity contribution in [3.05, 3.63) is 70.0 Å². The third kappa shape index (κ3) is 6.20. The van der Waals surface area contributed by atoms with Gasteiger partial charge in [0, 0.05) is 43.2 Å². The van der Waals surface area contributed by atoms with Gasteiger partial charge in [0.1, 0.15) is 5.82 Å². The van der Waals surface area contributed by atoms with Crippen molar-refractivity contribution in [3.63, 3.8) is 0 Å². The highest BCUT2D eigenvalue weighted by molar-refractivity contribution is 6.31. The van der Waals surface area contributed by atoms with Crippen LogP contribution in [0, 0.1) is 11.7 Å². The normalized spacial score (nSPS) is 16.1. The first-order chi connectivity index (χ1) is 14.5. The molecule has 0 saturated carbocycles. The second-order valence-electron chi connectivity index (χ2n) is 8.31. The van der Waals surface area contributed by atoms with Crippen molar-refractivity contribution in [2.24, 2.45) is 5.92 Å². The Bertz CT molecular complexity index is 911. The zero-order valence-electron chi connectivity index (χ0n) is 17.4. The average Bonchev–Trinajstić information content (AvgIpc) is 2.68. The van der Waals surface area contributed by atoms with Crippen molar-refractivity contribution in [2.45, 2.75) is 25.4 Å². The maximum Gasteiger partial charge on any atom is 0.416 e. The lowest BCUT2D eigenvalue weighted by Gasteiger charge is -2.38. The van der Waals surface area contributed by atoms with Gasteiger partial charge in [0.2, 0.25) is 0 Å². The highest BCUT2D eigenvalue weighted by Crippen LogP contribution is 2.32. The van der Waals surface area contributed by atoms with E-state index in [1.807, 2.05) is 0 Å². The van der Waals surface area contributed by atoms with Gasteiger partial charge in [-0.15, -0.1) is 0 Å². The lowest BCUT2D eigenvalue weighted by molar-refractivity contribution is -0.137. The zero-order valence-corrected chi connectivity index (χ0v) is 18.2. The maximum absolute atomic E-state index is 13.4. The Morgan fingerprint density at radius 3 is 2.42 bits per heavy atom. The van der Waals surface area contributed by atoms with Gasteiger partial charge < -0.3 is 9.80 Å². The third-order valence-electron chi connectivity index (χ3n) is 5.59. The number of rotatable bonds is 7. The third-order valence-corrected chi connectivity index (χ3v) is 5.81. The van der Waals surface area contributed by atoms with Gasteiger partial charge in [-0.25, -0.2) is 4.39 Å². The predicted molar refractivity (Wildman–Crippen MR) is 113 cm³/mol. The fraction of sp³-hybridized carbons (Fsp3) is 0.435. The molecule has 1 unspecified atom stereocenters. The number of likely N-dealkylation sites (tertiary alicyclic amines) is 1. The molecule has 1 amide bonds. The van der Waals surface area contributed by atoms with E-state index in [0.29, 0.717) is 12.5 Å². The summed E-state index contributed by atoms with van der Waals surface area (Å²) in [5, 5.41) is -0.145. The first-order valence-electron chi connectivity index (χ1n) is 10.1. The van der Waals surface area contributed by atoms with Gasteiger partial charge in [-0.2, -0.15) is 13.2 Å². The number of nitrogens with zero attached hydrogens (tertiary/aromatic N) is 2. The summed E-state index contributed by atoms with van der Waals surface area (Å²) < 4.78 is 52.7. The van der Waals surface area contributed by atoms with Crippen LogP contribution in [0.15, 0.2) is 42.5 Å². The molecule has 0 aliphatic carbocycles. The molecule has 1 atom stereocenters. The minimum atomic E-state index is -4.59. The second kappa shape index (κ2) is 9.57. The van der Waals surface area contributed by atoms with Crippen LogP contribution in [0.3, 0.4) is 0 Å². The molecule has 0 radical (unpaired) electrons. The molecule has 0 bridgehead atoms. The van der Waals surface area contributed by atoms with E-state index in [9.17, 15) is 22.4 Å². The van der Waals surface area contributed by atoms with E-state index in [1.165, 1.54) is 23.1 Å². The molecule has 1 aliphatic heterocycles. The molecule has 1 heterocycles. The predicted octanol–water partition coefficient (Wildman–Crippen LogP) is 5.70. The lowest BCUT2D eigenvalue weighted by Crippen LogP contribution is -2.46. The molecule has 8 heteroatoms. The largest absolute Gasteiger partial charge is 0.416 e. The molecule has 3 rings (SSSR count). The molecule has 3 nitrogen and oxygen atoms in total. The smallest absolute Gasteiger partial charge is 0.341 e. The van der Waals surface area contributed by atoms with Crippen LogP contribution >= 0.6 is 11.6 Å². The molecule has 1 aliphatic rings.